The third kappa shape index (κ3) is 2.63. The number of allylic oxidation sites excluding steroid dienone is 2. The number of hydrogen-bond donors (Lipinski definition) is 1. The second-order valence-corrected chi connectivity index (χ2v) is 7.49. The molecule has 1 aliphatic carbocycles. The van der Waals surface area contributed by atoms with Crippen molar-refractivity contribution in [1.29, 1.82) is 0 Å². The van der Waals surface area contributed by atoms with Gasteiger partial charge in [-0.2, -0.15) is 23.4 Å². The van der Waals surface area contributed by atoms with Crippen LogP contribution in [0.1, 0.15) is 44.2 Å². The van der Waals surface area contributed by atoms with E-state index < -0.39 is 23.3 Å². The average Bonchev–Trinajstić information content (AvgIpc) is 3.07. The topological polar surface area (TPSA) is 53.8 Å². The molecule has 0 saturated carbocycles. The molecule has 7 heteroatoms. The minimum atomic E-state index is -4.45. The van der Waals surface area contributed by atoms with Gasteiger partial charge in [0.05, 0.1) is 17.2 Å². The molecular formula is C20H20F3N3O. The van der Waals surface area contributed by atoms with Gasteiger partial charge < -0.3 is 5.32 Å². The van der Waals surface area contributed by atoms with Crippen LogP contribution in [-0.4, -0.2) is 11.9 Å². The molecule has 2 aliphatic heterocycles. The number of carbonyl (C=O) groups is 1. The van der Waals surface area contributed by atoms with Gasteiger partial charge in [-0.1, -0.05) is 32.0 Å². The molecule has 3 atom stereocenters. The largest absolute Gasteiger partial charge is 0.416 e. The summed E-state index contributed by atoms with van der Waals surface area (Å²) < 4.78 is 40.0. The van der Waals surface area contributed by atoms with E-state index in [9.17, 15) is 18.0 Å². The summed E-state index contributed by atoms with van der Waals surface area (Å²) in [5, 5.41) is 11.5. The maximum atomic E-state index is 13.3. The summed E-state index contributed by atoms with van der Waals surface area (Å²) in [6.07, 6.45) is -1.75. The smallest absolute Gasteiger partial charge is 0.362 e. The van der Waals surface area contributed by atoms with E-state index in [1.54, 1.807) is 12.3 Å². The van der Waals surface area contributed by atoms with Crippen LogP contribution in [0.3, 0.4) is 0 Å². The van der Waals surface area contributed by atoms with Crippen molar-refractivity contribution < 1.29 is 18.0 Å². The quantitative estimate of drug-likeness (QED) is 0.801. The van der Waals surface area contributed by atoms with E-state index in [1.165, 1.54) is 12.1 Å². The Morgan fingerprint density at radius 1 is 1.30 bits per heavy atom. The molecule has 0 saturated heterocycles. The predicted octanol–water partition coefficient (Wildman–Crippen LogP) is 4.89. The standard InChI is InChI=1S/C20H20F3N3O/c1-3-19(12-5-4-6-13(9-12)20(21,22)23)14-10-24-26-18(14)25-15-7-11(2)8-16(27)17(15)19/h4-6,9-11,18,25H,3,7-8H2,1-2H3/t11-,18?,19-/m0/s1. The van der Waals surface area contributed by atoms with Crippen LogP contribution in [0.2, 0.25) is 0 Å². The number of rotatable bonds is 2. The zero-order chi connectivity index (χ0) is 19.4. The lowest BCUT2D eigenvalue weighted by atomic mass is 9.60. The Labute approximate surface area is 155 Å². The molecule has 0 amide bonds. The molecule has 142 valence electrons. The highest BCUT2D eigenvalue weighted by Crippen LogP contribution is 2.52. The van der Waals surface area contributed by atoms with E-state index in [1.807, 2.05) is 13.8 Å². The summed E-state index contributed by atoms with van der Waals surface area (Å²) in [4.78, 5) is 13.0. The highest BCUT2D eigenvalue weighted by Gasteiger charge is 2.52. The Morgan fingerprint density at radius 2 is 2.07 bits per heavy atom. The zero-order valence-corrected chi connectivity index (χ0v) is 15.1. The summed E-state index contributed by atoms with van der Waals surface area (Å²) in [5.74, 6) is 0.172. The van der Waals surface area contributed by atoms with Crippen molar-refractivity contribution in [2.45, 2.75) is 50.9 Å². The van der Waals surface area contributed by atoms with Crippen LogP contribution in [-0.2, 0) is 16.4 Å². The van der Waals surface area contributed by atoms with Gasteiger partial charge >= 0.3 is 6.18 Å². The molecule has 3 aliphatic rings. The summed E-state index contributed by atoms with van der Waals surface area (Å²) in [7, 11) is 0. The van der Waals surface area contributed by atoms with Crippen molar-refractivity contribution in [3.8, 4) is 0 Å². The molecule has 0 spiro atoms. The number of hydrogen-bond acceptors (Lipinski definition) is 4. The number of azo groups is 1. The molecule has 27 heavy (non-hydrogen) atoms. The van der Waals surface area contributed by atoms with Crippen molar-refractivity contribution in [1.82, 2.24) is 5.32 Å². The van der Waals surface area contributed by atoms with E-state index in [-0.39, 0.29) is 11.7 Å². The van der Waals surface area contributed by atoms with E-state index in [2.05, 4.69) is 15.5 Å². The molecule has 1 unspecified atom stereocenters. The number of fused-ring (bicyclic) bond motifs is 1. The molecule has 1 N–H and O–H groups in total. The number of alkyl halides is 3. The molecule has 1 aromatic carbocycles. The third-order valence-corrected chi connectivity index (χ3v) is 5.78. The molecule has 4 rings (SSSR count). The number of halogens is 3. The number of ketones is 1. The van der Waals surface area contributed by atoms with Gasteiger partial charge in [0.1, 0.15) is 0 Å². The predicted molar refractivity (Wildman–Crippen MR) is 93.7 cm³/mol. The van der Waals surface area contributed by atoms with Crippen molar-refractivity contribution in [2.24, 2.45) is 16.1 Å². The maximum absolute atomic E-state index is 13.3. The molecule has 0 radical (unpaired) electrons. The van der Waals surface area contributed by atoms with E-state index in [0.29, 0.717) is 30.4 Å². The molecule has 4 nitrogen and oxygen atoms in total. The third-order valence-electron chi connectivity index (χ3n) is 5.78. The summed E-state index contributed by atoms with van der Waals surface area (Å²) in [6, 6.07) is 5.31. The maximum Gasteiger partial charge on any atom is 0.416 e. The molecule has 0 fully saturated rings. The minimum Gasteiger partial charge on any atom is -0.362 e. The van der Waals surface area contributed by atoms with Crippen LogP contribution in [0, 0.1) is 5.92 Å². The van der Waals surface area contributed by atoms with Gasteiger partial charge in [-0.15, -0.1) is 0 Å². The van der Waals surface area contributed by atoms with E-state index in [4.69, 9.17) is 0 Å². The van der Waals surface area contributed by atoms with Crippen LogP contribution < -0.4 is 5.32 Å². The van der Waals surface area contributed by atoms with Crippen LogP contribution in [0.4, 0.5) is 13.2 Å². The van der Waals surface area contributed by atoms with E-state index in [0.717, 1.165) is 17.3 Å². The lowest BCUT2D eigenvalue weighted by Gasteiger charge is -2.46. The number of nitrogens with zero attached hydrogens (tertiary/aromatic N) is 2. The van der Waals surface area contributed by atoms with Crippen LogP contribution in [0.15, 0.2) is 57.5 Å². The monoisotopic (exact) mass is 375 g/mol. The van der Waals surface area contributed by atoms with Crippen molar-refractivity contribution in [2.75, 3.05) is 0 Å². The number of benzene rings is 1. The van der Waals surface area contributed by atoms with Gasteiger partial charge in [-0.05, 0) is 30.4 Å². The van der Waals surface area contributed by atoms with Crippen LogP contribution in [0.5, 0.6) is 0 Å². The Bertz CT molecular complexity index is 900. The second kappa shape index (κ2) is 6.04. The van der Waals surface area contributed by atoms with Gasteiger partial charge in [0.15, 0.2) is 11.9 Å². The van der Waals surface area contributed by atoms with Gasteiger partial charge in [-0.25, -0.2) is 0 Å². The van der Waals surface area contributed by atoms with Gasteiger partial charge in [0.2, 0.25) is 0 Å². The highest BCUT2D eigenvalue weighted by molar-refractivity contribution is 6.01. The van der Waals surface area contributed by atoms with Crippen molar-refractivity contribution in [3.63, 3.8) is 0 Å². The first kappa shape index (κ1) is 17.9. The first-order valence-corrected chi connectivity index (χ1v) is 9.09. The fraction of sp³-hybridized carbons (Fsp3) is 0.450. The van der Waals surface area contributed by atoms with E-state index >= 15 is 0 Å². The Kier molecular flexibility index (Phi) is 4.01. The summed E-state index contributed by atoms with van der Waals surface area (Å²) >= 11 is 0. The SMILES string of the molecule is CC[C@]1(c2cccc(C(F)(F)F)c2)C2=CN=NC2NC2=C1C(=O)C[C@@H](C)C2. The van der Waals surface area contributed by atoms with Gasteiger partial charge in [-0.3, -0.25) is 4.79 Å². The average molecular weight is 375 g/mol. The first-order chi connectivity index (χ1) is 12.8. The van der Waals surface area contributed by atoms with Gasteiger partial charge in [0, 0.05) is 23.3 Å². The fourth-order valence-electron chi connectivity index (χ4n) is 4.65. The Hall–Kier alpha value is -2.44. The molecule has 0 bridgehead atoms. The van der Waals surface area contributed by atoms with Crippen LogP contribution >= 0.6 is 0 Å². The van der Waals surface area contributed by atoms with Crippen LogP contribution in [0.25, 0.3) is 0 Å². The number of Topliss-reactive ketones (excluding diaryl/α,β-unsaturated/α-hetero) is 1. The number of carbonyl (C=O) groups excluding carboxylic acids is 1. The summed E-state index contributed by atoms with van der Waals surface area (Å²) in [5.41, 5.74) is 0.936. The fourth-order valence-corrected chi connectivity index (χ4v) is 4.65. The molecule has 1 aromatic rings. The highest BCUT2D eigenvalue weighted by atomic mass is 19.4. The second-order valence-electron chi connectivity index (χ2n) is 7.49. The first-order valence-electron chi connectivity index (χ1n) is 9.09. The Morgan fingerprint density at radius 3 is 2.78 bits per heavy atom. The Balaban J connectivity index is 1.98. The lowest BCUT2D eigenvalue weighted by Crippen LogP contribution is -2.50. The molecule has 0 aromatic heterocycles. The summed E-state index contributed by atoms with van der Waals surface area (Å²) in [6.45, 7) is 3.90. The molecule has 2 heterocycles. The minimum absolute atomic E-state index is 0.0123. The van der Waals surface area contributed by atoms with Crippen molar-refractivity contribution >= 4 is 5.78 Å². The van der Waals surface area contributed by atoms with Crippen molar-refractivity contribution in [3.05, 3.63) is 58.4 Å². The van der Waals surface area contributed by atoms with Gasteiger partial charge in [0.25, 0.3) is 0 Å². The zero-order valence-electron chi connectivity index (χ0n) is 15.1. The lowest BCUT2D eigenvalue weighted by molar-refractivity contribution is -0.137. The normalized spacial score (nSPS) is 30.0. The number of nitrogens with one attached hydrogen (secondary N) is 1. The molecular weight excluding hydrogens is 355 g/mol.